The molecular weight excluding hydrogens is 228 g/mol. The smallest absolute Gasteiger partial charge is 0.227 e. The molecule has 1 aromatic rings. The molecule has 0 aromatic heterocycles. The summed E-state index contributed by atoms with van der Waals surface area (Å²) in [6, 6.07) is 7.38. The average molecular weight is 248 g/mol. The number of nitrogens with two attached hydrogens (primary N) is 1. The molecule has 0 radical (unpaired) electrons. The van der Waals surface area contributed by atoms with E-state index in [0.717, 1.165) is 18.5 Å². The summed E-state index contributed by atoms with van der Waals surface area (Å²) in [6.45, 7) is 3.20. The van der Waals surface area contributed by atoms with Gasteiger partial charge < -0.3 is 15.7 Å². The number of aliphatic hydroxyl groups is 1. The Balaban J connectivity index is 1.96. The van der Waals surface area contributed by atoms with E-state index in [-0.39, 0.29) is 11.8 Å². The van der Waals surface area contributed by atoms with E-state index >= 15 is 0 Å². The quantitative estimate of drug-likeness (QED) is 0.769. The number of amides is 1. The Bertz CT molecular complexity index is 434. The Hall–Kier alpha value is -1.55. The summed E-state index contributed by atoms with van der Waals surface area (Å²) in [5, 5.41) is 9.79. The number of hydrogen-bond acceptors (Lipinski definition) is 3. The van der Waals surface area contributed by atoms with Gasteiger partial charge in [0, 0.05) is 18.8 Å². The Morgan fingerprint density at radius 2 is 2.33 bits per heavy atom. The molecule has 4 heteroatoms. The van der Waals surface area contributed by atoms with Crippen LogP contribution in [0.15, 0.2) is 24.3 Å². The zero-order valence-corrected chi connectivity index (χ0v) is 10.7. The van der Waals surface area contributed by atoms with E-state index in [1.807, 2.05) is 25.1 Å². The maximum atomic E-state index is 12.1. The van der Waals surface area contributed by atoms with Crippen molar-refractivity contribution in [2.75, 3.05) is 18.8 Å². The van der Waals surface area contributed by atoms with E-state index < -0.39 is 6.10 Å². The molecule has 1 aromatic carbocycles. The van der Waals surface area contributed by atoms with Crippen molar-refractivity contribution in [3.8, 4) is 0 Å². The molecule has 4 nitrogen and oxygen atoms in total. The third kappa shape index (κ3) is 3.01. The van der Waals surface area contributed by atoms with Crippen LogP contribution in [0.5, 0.6) is 0 Å². The molecule has 1 fully saturated rings. The molecule has 98 valence electrons. The van der Waals surface area contributed by atoms with Gasteiger partial charge in [0.05, 0.1) is 12.5 Å². The highest BCUT2D eigenvalue weighted by molar-refractivity contribution is 5.79. The predicted molar refractivity (Wildman–Crippen MR) is 70.9 cm³/mol. The lowest BCUT2D eigenvalue weighted by molar-refractivity contribution is -0.134. The highest BCUT2D eigenvalue weighted by Crippen LogP contribution is 2.18. The Morgan fingerprint density at radius 3 is 3.00 bits per heavy atom. The molecule has 2 rings (SSSR count). The molecule has 1 aliphatic heterocycles. The largest absolute Gasteiger partial charge is 0.399 e. The number of β-amino-alcohol motifs (C(OH)–C–C–N with tert-alkyl or cyclic N) is 1. The van der Waals surface area contributed by atoms with Crippen molar-refractivity contribution < 1.29 is 9.90 Å². The predicted octanol–water partition coefficient (Wildman–Crippen LogP) is 1.04. The minimum absolute atomic E-state index is 0.0616. The number of rotatable bonds is 2. The normalized spacial score (nSPS) is 24.0. The highest BCUT2D eigenvalue weighted by Gasteiger charge is 2.27. The minimum atomic E-state index is -0.399. The fourth-order valence-electron chi connectivity index (χ4n) is 2.26. The number of carbonyl (C=O) groups is 1. The Morgan fingerprint density at radius 1 is 1.56 bits per heavy atom. The van der Waals surface area contributed by atoms with Crippen molar-refractivity contribution in [1.82, 2.24) is 4.90 Å². The van der Waals surface area contributed by atoms with Gasteiger partial charge >= 0.3 is 0 Å². The van der Waals surface area contributed by atoms with Gasteiger partial charge in [-0.15, -0.1) is 0 Å². The highest BCUT2D eigenvalue weighted by atomic mass is 16.3. The van der Waals surface area contributed by atoms with Gasteiger partial charge in [-0.3, -0.25) is 4.79 Å². The van der Waals surface area contributed by atoms with Crippen LogP contribution in [0, 0.1) is 5.92 Å². The first kappa shape index (κ1) is 12.9. The van der Waals surface area contributed by atoms with E-state index in [1.54, 1.807) is 11.0 Å². The van der Waals surface area contributed by atoms with Crippen molar-refractivity contribution in [2.24, 2.45) is 5.92 Å². The first-order chi connectivity index (χ1) is 8.56. The number of nitrogens with zero attached hydrogens (tertiary/aromatic N) is 1. The lowest BCUT2D eigenvalue weighted by Crippen LogP contribution is -2.46. The van der Waals surface area contributed by atoms with Crippen molar-refractivity contribution in [3.05, 3.63) is 29.8 Å². The van der Waals surface area contributed by atoms with Crippen molar-refractivity contribution >= 4 is 11.6 Å². The number of anilines is 1. The topological polar surface area (TPSA) is 66.6 Å². The molecule has 2 atom stereocenters. The number of likely N-dealkylation sites (tertiary alicyclic amines) is 1. The molecule has 1 heterocycles. The van der Waals surface area contributed by atoms with Crippen molar-refractivity contribution in [1.29, 1.82) is 0 Å². The van der Waals surface area contributed by atoms with Crippen LogP contribution in [0.1, 0.15) is 18.9 Å². The summed E-state index contributed by atoms with van der Waals surface area (Å²) < 4.78 is 0. The van der Waals surface area contributed by atoms with E-state index in [4.69, 9.17) is 5.73 Å². The summed E-state index contributed by atoms with van der Waals surface area (Å²) in [7, 11) is 0. The molecular formula is C14H20N2O2. The number of carbonyl (C=O) groups excluding carboxylic acids is 1. The molecule has 1 amide bonds. The molecule has 0 bridgehead atoms. The second-order valence-electron chi connectivity index (χ2n) is 5.09. The third-order valence-electron chi connectivity index (χ3n) is 3.58. The van der Waals surface area contributed by atoms with Gasteiger partial charge in [0.2, 0.25) is 5.91 Å². The van der Waals surface area contributed by atoms with E-state index in [0.29, 0.717) is 18.7 Å². The molecule has 1 aliphatic rings. The lowest BCUT2D eigenvalue weighted by Gasteiger charge is -2.34. The standard InChI is InChI=1S/C14H20N2O2/c1-10-5-6-16(9-13(10)17)14(18)8-11-3-2-4-12(15)7-11/h2-4,7,10,13,17H,5-6,8-9,15H2,1H3. The van der Waals surface area contributed by atoms with E-state index in [2.05, 4.69) is 0 Å². The Kier molecular flexibility index (Phi) is 3.87. The average Bonchev–Trinajstić information content (AvgIpc) is 2.32. The van der Waals surface area contributed by atoms with Crippen molar-refractivity contribution in [3.63, 3.8) is 0 Å². The Labute approximate surface area is 107 Å². The SMILES string of the molecule is CC1CCN(C(=O)Cc2cccc(N)c2)CC1O. The fraction of sp³-hybridized carbons (Fsp3) is 0.500. The van der Waals surface area contributed by atoms with Gasteiger partial charge in [-0.1, -0.05) is 19.1 Å². The number of nitrogen functional groups attached to an aromatic ring is 1. The lowest BCUT2D eigenvalue weighted by atomic mass is 9.95. The van der Waals surface area contributed by atoms with Crippen LogP contribution in [0.3, 0.4) is 0 Å². The number of aliphatic hydroxyl groups excluding tert-OH is 1. The molecule has 3 N–H and O–H groups in total. The number of hydrogen-bond donors (Lipinski definition) is 2. The summed E-state index contributed by atoms with van der Waals surface area (Å²) in [6.07, 6.45) is 0.819. The summed E-state index contributed by atoms with van der Waals surface area (Å²) >= 11 is 0. The molecule has 1 saturated heterocycles. The van der Waals surface area contributed by atoms with Crippen LogP contribution in [0.2, 0.25) is 0 Å². The van der Waals surface area contributed by atoms with Gasteiger partial charge in [0.15, 0.2) is 0 Å². The molecule has 0 aliphatic carbocycles. The maximum Gasteiger partial charge on any atom is 0.227 e. The monoisotopic (exact) mass is 248 g/mol. The summed E-state index contributed by atoms with van der Waals surface area (Å²) in [5.41, 5.74) is 7.29. The van der Waals surface area contributed by atoms with Crippen LogP contribution in [-0.2, 0) is 11.2 Å². The molecule has 0 saturated carbocycles. The van der Waals surface area contributed by atoms with E-state index in [1.165, 1.54) is 0 Å². The van der Waals surface area contributed by atoms with Gasteiger partial charge in [-0.2, -0.15) is 0 Å². The minimum Gasteiger partial charge on any atom is -0.399 e. The maximum absolute atomic E-state index is 12.1. The zero-order chi connectivity index (χ0) is 13.1. The second kappa shape index (κ2) is 5.40. The van der Waals surface area contributed by atoms with Crippen LogP contribution in [0.25, 0.3) is 0 Å². The summed E-state index contributed by atoms with van der Waals surface area (Å²) in [5.74, 6) is 0.341. The van der Waals surface area contributed by atoms with Crippen LogP contribution < -0.4 is 5.73 Å². The van der Waals surface area contributed by atoms with Crippen LogP contribution in [-0.4, -0.2) is 35.1 Å². The summed E-state index contributed by atoms with van der Waals surface area (Å²) in [4.78, 5) is 13.8. The molecule has 18 heavy (non-hydrogen) atoms. The van der Waals surface area contributed by atoms with Crippen LogP contribution >= 0.6 is 0 Å². The van der Waals surface area contributed by atoms with Gasteiger partial charge in [-0.05, 0) is 30.0 Å². The second-order valence-corrected chi connectivity index (χ2v) is 5.09. The van der Waals surface area contributed by atoms with Gasteiger partial charge in [0.25, 0.3) is 0 Å². The number of benzene rings is 1. The third-order valence-corrected chi connectivity index (χ3v) is 3.58. The molecule has 2 unspecified atom stereocenters. The van der Waals surface area contributed by atoms with Gasteiger partial charge in [0.1, 0.15) is 0 Å². The fourth-order valence-corrected chi connectivity index (χ4v) is 2.26. The van der Waals surface area contributed by atoms with E-state index in [9.17, 15) is 9.90 Å². The van der Waals surface area contributed by atoms with Crippen LogP contribution in [0.4, 0.5) is 5.69 Å². The first-order valence-electron chi connectivity index (χ1n) is 6.36. The zero-order valence-electron chi connectivity index (χ0n) is 10.7. The van der Waals surface area contributed by atoms with Gasteiger partial charge in [-0.25, -0.2) is 0 Å². The number of piperidine rings is 1. The van der Waals surface area contributed by atoms with Crippen molar-refractivity contribution in [2.45, 2.75) is 25.9 Å². The molecule has 0 spiro atoms. The first-order valence-corrected chi connectivity index (χ1v) is 6.36.